The fourth-order valence-corrected chi connectivity index (χ4v) is 3.35. The third-order valence-corrected chi connectivity index (χ3v) is 5.08. The first-order valence-electron chi connectivity index (χ1n) is 9.53. The van der Waals surface area contributed by atoms with E-state index in [4.69, 9.17) is 11.6 Å². The molecule has 31 heavy (non-hydrogen) atoms. The molecule has 0 spiro atoms. The highest BCUT2D eigenvalue weighted by atomic mass is 35.5. The number of carbonyl (C=O) groups excluding carboxylic acids is 2. The largest absolute Gasteiger partial charge is 0.417 e. The smallest absolute Gasteiger partial charge is 0.334 e. The first kappa shape index (κ1) is 22.8. The van der Waals surface area contributed by atoms with E-state index >= 15 is 0 Å². The fraction of sp³-hybridized carbons (Fsp3) is 0.350. The molecule has 2 heterocycles. The lowest BCUT2D eigenvalue weighted by Gasteiger charge is -2.34. The van der Waals surface area contributed by atoms with Gasteiger partial charge in [-0.3, -0.25) is 14.7 Å². The molecule has 1 fully saturated rings. The van der Waals surface area contributed by atoms with E-state index in [1.54, 1.807) is 23.4 Å². The van der Waals surface area contributed by atoms with E-state index in [2.05, 4.69) is 15.6 Å². The highest BCUT2D eigenvalue weighted by Crippen LogP contribution is 2.36. The third-order valence-electron chi connectivity index (χ3n) is 4.75. The van der Waals surface area contributed by atoms with Crippen molar-refractivity contribution in [3.05, 3.63) is 58.9 Å². The summed E-state index contributed by atoms with van der Waals surface area (Å²) >= 11 is 5.59. The van der Waals surface area contributed by atoms with Crippen molar-refractivity contribution >= 4 is 29.2 Å². The maximum absolute atomic E-state index is 12.9. The van der Waals surface area contributed by atoms with Gasteiger partial charge >= 0.3 is 12.2 Å². The van der Waals surface area contributed by atoms with E-state index in [-0.39, 0.29) is 18.3 Å². The molecule has 2 aromatic rings. The van der Waals surface area contributed by atoms with Crippen LogP contribution in [0.3, 0.4) is 0 Å². The lowest BCUT2D eigenvalue weighted by molar-refractivity contribution is -0.137. The Balaban J connectivity index is 1.44. The van der Waals surface area contributed by atoms with Gasteiger partial charge in [0.2, 0.25) is 5.91 Å². The van der Waals surface area contributed by atoms with Gasteiger partial charge in [0.15, 0.2) is 0 Å². The van der Waals surface area contributed by atoms with Gasteiger partial charge in [-0.15, -0.1) is 0 Å². The molecule has 0 radical (unpaired) electrons. The predicted octanol–water partition coefficient (Wildman–Crippen LogP) is 3.22. The molecule has 1 aliphatic heterocycles. The maximum Gasteiger partial charge on any atom is 0.417 e. The Morgan fingerprint density at radius 1 is 1.13 bits per heavy atom. The number of alkyl halides is 3. The summed E-state index contributed by atoms with van der Waals surface area (Å²) in [6.45, 7) is 2.20. The molecule has 0 bridgehead atoms. The van der Waals surface area contributed by atoms with E-state index in [9.17, 15) is 22.8 Å². The molecule has 3 amide bonds. The van der Waals surface area contributed by atoms with E-state index in [0.29, 0.717) is 32.7 Å². The van der Waals surface area contributed by atoms with Crippen LogP contribution in [0.15, 0.2) is 42.7 Å². The zero-order valence-electron chi connectivity index (χ0n) is 16.5. The minimum Gasteiger partial charge on any atom is -0.334 e. The predicted molar refractivity (Wildman–Crippen MR) is 110 cm³/mol. The molecule has 166 valence electrons. The molecule has 7 nitrogen and oxygen atoms in total. The van der Waals surface area contributed by atoms with Crippen molar-refractivity contribution in [2.24, 2.45) is 0 Å². The average molecular weight is 456 g/mol. The van der Waals surface area contributed by atoms with Crippen LogP contribution < -0.4 is 10.6 Å². The number of benzene rings is 1. The van der Waals surface area contributed by atoms with E-state index in [0.717, 1.165) is 17.7 Å². The normalized spacial score (nSPS) is 14.9. The van der Waals surface area contributed by atoms with Crippen LogP contribution in [0.2, 0.25) is 5.02 Å². The van der Waals surface area contributed by atoms with E-state index < -0.39 is 22.7 Å². The number of amides is 3. The SMILES string of the molecule is O=C(CN1CCN(C(=O)NCc2cccnc2)CC1)Nc1ccc(Cl)c(C(F)(F)F)c1. The van der Waals surface area contributed by atoms with Crippen molar-refractivity contribution in [3.63, 3.8) is 0 Å². The van der Waals surface area contributed by atoms with Gasteiger partial charge in [0, 0.05) is 50.8 Å². The summed E-state index contributed by atoms with van der Waals surface area (Å²) in [5.41, 5.74) is -0.0879. The number of pyridine rings is 1. The Bertz CT molecular complexity index is 919. The average Bonchev–Trinajstić information content (AvgIpc) is 2.74. The van der Waals surface area contributed by atoms with Crippen LogP contribution in [0.5, 0.6) is 0 Å². The monoisotopic (exact) mass is 455 g/mol. The molecule has 0 saturated carbocycles. The van der Waals surface area contributed by atoms with Crippen LogP contribution in [-0.2, 0) is 17.5 Å². The number of rotatable bonds is 5. The molecule has 0 atom stereocenters. The van der Waals surface area contributed by atoms with Crippen molar-refractivity contribution in [1.29, 1.82) is 0 Å². The highest BCUT2D eigenvalue weighted by Gasteiger charge is 2.33. The van der Waals surface area contributed by atoms with Crippen molar-refractivity contribution in [2.45, 2.75) is 12.7 Å². The number of aromatic nitrogens is 1. The fourth-order valence-electron chi connectivity index (χ4n) is 3.13. The molecule has 1 aliphatic rings. The van der Waals surface area contributed by atoms with Gasteiger partial charge in [0.25, 0.3) is 0 Å². The Morgan fingerprint density at radius 3 is 2.52 bits per heavy atom. The minimum atomic E-state index is -4.61. The quantitative estimate of drug-likeness (QED) is 0.725. The standard InChI is InChI=1S/C20H21ClF3N5O2/c21-17-4-3-15(10-16(17)20(22,23)24)27-18(30)13-28-6-8-29(9-7-28)19(31)26-12-14-2-1-5-25-11-14/h1-5,10-11H,6-9,12-13H2,(H,26,31)(H,27,30). The first-order chi connectivity index (χ1) is 14.7. The number of anilines is 1. The van der Waals surface area contributed by atoms with E-state index in [1.807, 2.05) is 11.0 Å². The summed E-state index contributed by atoms with van der Waals surface area (Å²) in [7, 11) is 0. The van der Waals surface area contributed by atoms with Crippen LogP contribution in [0.1, 0.15) is 11.1 Å². The second-order valence-electron chi connectivity index (χ2n) is 7.02. The molecule has 1 aromatic carbocycles. The summed E-state index contributed by atoms with van der Waals surface area (Å²) in [5, 5.41) is 4.86. The van der Waals surface area contributed by atoms with Crippen LogP contribution in [-0.4, -0.2) is 59.4 Å². The number of nitrogens with zero attached hydrogens (tertiary/aromatic N) is 3. The number of hydrogen-bond donors (Lipinski definition) is 2. The molecule has 11 heteroatoms. The molecule has 3 rings (SSSR count). The summed E-state index contributed by atoms with van der Waals surface area (Å²) in [5.74, 6) is -0.440. The number of hydrogen-bond acceptors (Lipinski definition) is 4. The number of nitrogens with one attached hydrogen (secondary N) is 2. The van der Waals surface area contributed by atoms with Gasteiger partial charge < -0.3 is 15.5 Å². The second kappa shape index (κ2) is 9.97. The van der Waals surface area contributed by atoms with Gasteiger partial charge in [-0.25, -0.2) is 4.79 Å². The second-order valence-corrected chi connectivity index (χ2v) is 7.43. The molecule has 1 saturated heterocycles. The molecular weight excluding hydrogens is 435 g/mol. The minimum absolute atomic E-state index is 0.00905. The molecule has 0 aliphatic carbocycles. The molecular formula is C20H21ClF3N5O2. The lowest BCUT2D eigenvalue weighted by Crippen LogP contribution is -2.52. The molecule has 2 N–H and O–H groups in total. The van der Waals surface area contributed by atoms with Crippen molar-refractivity contribution in [3.8, 4) is 0 Å². The van der Waals surface area contributed by atoms with Crippen LogP contribution >= 0.6 is 11.6 Å². The summed E-state index contributed by atoms with van der Waals surface area (Å²) in [4.78, 5) is 32.0. The topological polar surface area (TPSA) is 77.6 Å². The third kappa shape index (κ3) is 6.56. The Morgan fingerprint density at radius 2 is 1.87 bits per heavy atom. The summed E-state index contributed by atoms with van der Waals surface area (Å²) in [6.07, 6.45) is -1.27. The Hall–Kier alpha value is -2.85. The number of carbonyl (C=O) groups is 2. The molecule has 0 unspecified atom stereocenters. The summed E-state index contributed by atoms with van der Waals surface area (Å²) in [6, 6.07) is 6.68. The van der Waals surface area contributed by atoms with Crippen molar-refractivity contribution in [1.82, 2.24) is 20.1 Å². The number of halogens is 4. The van der Waals surface area contributed by atoms with Gasteiger partial charge in [-0.1, -0.05) is 17.7 Å². The zero-order valence-corrected chi connectivity index (χ0v) is 17.2. The number of urea groups is 1. The van der Waals surface area contributed by atoms with Crippen molar-refractivity contribution in [2.75, 3.05) is 38.0 Å². The Kier molecular flexibility index (Phi) is 7.34. The van der Waals surface area contributed by atoms with Crippen LogP contribution in [0.4, 0.5) is 23.7 Å². The number of piperazine rings is 1. The summed E-state index contributed by atoms with van der Waals surface area (Å²) < 4.78 is 38.8. The van der Waals surface area contributed by atoms with Crippen LogP contribution in [0, 0.1) is 0 Å². The first-order valence-corrected chi connectivity index (χ1v) is 9.91. The van der Waals surface area contributed by atoms with Gasteiger partial charge in [-0.2, -0.15) is 13.2 Å². The maximum atomic E-state index is 12.9. The molecule has 1 aromatic heterocycles. The van der Waals surface area contributed by atoms with Gasteiger partial charge in [0.1, 0.15) is 0 Å². The lowest BCUT2D eigenvalue weighted by atomic mass is 10.2. The Labute approximate surface area is 182 Å². The van der Waals surface area contributed by atoms with E-state index in [1.165, 1.54) is 6.07 Å². The van der Waals surface area contributed by atoms with Gasteiger partial charge in [0.05, 0.1) is 17.1 Å². The van der Waals surface area contributed by atoms with Gasteiger partial charge in [-0.05, 0) is 29.8 Å². The highest BCUT2D eigenvalue weighted by molar-refractivity contribution is 6.31. The van der Waals surface area contributed by atoms with Crippen LogP contribution in [0.25, 0.3) is 0 Å². The zero-order chi connectivity index (χ0) is 22.4. The van der Waals surface area contributed by atoms with Crippen molar-refractivity contribution < 1.29 is 22.8 Å².